The van der Waals surface area contributed by atoms with Gasteiger partial charge in [-0.3, -0.25) is 0 Å². The van der Waals surface area contributed by atoms with E-state index in [0.29, 0.717) is 6.61 Å². The van der Waals surface area contributed by atoms with Gasteiger partial charge < -0.3 is 9.53 Å². The van der Waals surface area contributed by atoms with Gasteiger partial charge in [0.2, 0.25) is 0 Å². The lowest BCUT2D eigenvalue weighted by molar-refractivity contribution is -0.168. The van der Waals surface area contributed by atoms with Crippen LogP contribution >= 0.6 is 0 Å². The predicted molar refractivity (Wildman–Crippen MR) is 38.7 cm³/mol. The molecule has 0 bridgehead atoms. The van der Waals surface area contributed by atoms with Crippen LogP contribution in [-0.2, 0) is 9.53 Å². The first-order valence-corrected chi connectivity index (χ1v) is 3.62. The monoisotopic (exact) mass is 142 g/mol. The second kappa shape index (κ2) is 2.35. The maximum absolute atomic E-state index is 10.4. The summed E-state index contributed by atoms with van der Waals surface area (Å²) in [7, 11) is 0. The van der Waals surface area contributed by atoms with E-state index in [0.717, 1.165) is 6.29 Å². The Labute approximate surface area is 61.6 Å². The van der Waals surface area contributed by atoms with Crippen LogP contribution in [0.3, 0.4) is 0 Å². The molecule has 1 fully saturated rings. The van der Waals surface area contributed by atoms with Crippen LogP contribution in [0.5, 0.6) is 0 Å². The molecular formula is C8H14O2. The molecule has 0 aromatic rings. The average molecular weight is 142 g/mol. The molecule has 1 aliphatic heterocycles. The van der Waals surface area contributed by atoms with Gasteiger partial charge >= 0.3 is 0 Å². The molecular weight excluding hydrogens is 128 g/mol. The van der Waals surface area contributed by atoms with E-state index in [1.165, 1.54) is 0 Å². The highest BCUT2D eigenvalue weighted by atomic mass is 16.5. The SMILES string of the molecule is CC(C)(C)C1OCC1C=O. The van der Waals surface area contributed by atoms with Crippen molar-refractivity contribution in [3.8, 4) is 0 Å². The van der Waals surface area contributed by atoms with E-state index in [4.69, 9.17) is 4.74 Å². The summed E-state index contributed by atoms with van der Waals surface area (Å²) in [6, 6.07) is 0. The number of aldehydes is 1. The maximum atomic E-state index is 10.4. The third-order valence-electron chi connectivity index (χ3n) is 1.89. The lowest BCUT2D eigenvalue weighted by Crippen LogP contribution is -2.48. The van der Waals surface area contributed by atoms with E-state index in [-0.39, 0.29) is 17.4 Å². The van der Waals surface area contributed by atoms with Gasteiger partial charge in [0.1, 0.15) is 6.29 Å². The van der Waals surface area contributed by atoms with E-state index in [2.05, 4.69) is 20.8 Å². The summed E-state index contributed by atoms with van der Waals surface area (Å²) in [4.78, 5) is 10.4. The first-order valence-electron chi connectivity index (χ1n) is 3.62. The molecule has 1 heterocycles. The van der Waals surface area contributed by atoms with Crippen LogP contribution in [0.1, 0.15) is 20.8 Å². The highest BCUT2D eigenvalue weighted by molar-refractivity contribution is 5.56. The van der Waals surface area contributed by atoms with Gasteiger partial charge in [0.25, 0.3) is 0 Å². The number of ether oxygens (including phenoxy) is 1. The van der Waals surface area contributed by atoms with Crippen molar-refractivity contribution in [1.82, 2.24) is 0 Å². The smallest absolute Gasteiger partial charge is 0.128 e. The fourth-order valence-electron chi connectivity index (χ4n) is 1.31. The van der Waals surface area contributed by atoms with E-state index in [1.807, 2.05) is 0 Å². The molecule has 0 N–H and O–H groups in total. The molecule has 0 saturated carbocycles. The third-order valence-corrected chi connectivity index (χ3v) is 1.89. The van der Waals surface area contributed by atoms with E-state index >= 15 is 0 Å². The lowest BCUT2D eigenvalue weighted by atomic mass is 9.79. The van der Waals surface area contributed by atoms with E-state index < -0.39 is 0 Å². The molecule has 1 rings (SSSR count). The number of carbonyl (C=O) groups is 1. The maximum Gasteiger partial charge on any atom is 0.128 e. The Morgan fingerprint density at radius 2 is 2.10 bits per heavy atom. The lowest BCUT2D eigenvalue weighted by Gasteiger charge is -2.42. The Morgan fingerprint density at radius 3 is 2.20 bits per heavy atom. The molecule has 10 heavy (non-hydrogen) atoms. The van der Waals surface area contributed by atoms with Gasteiger partial charge in [-0.1, -0.05) is 20.8 Å². The summed E-state index contributed by atoms with van der Waals surface area (Å²) in [6.45, 7) is 6.89. The first kappa shape index (κ1) is 7.73. The Kier molecular flexibility index (Phi) is 1.82. The zero-order valence-electron chi connectivity index (χ0n) is 6.76. The van der Waals surface area contributed by atoms with Gasteiger partial charge in [-0.2, -0.15) is 0 Å². The largest absolute Gasteiger partial charge is 0.376 e. The van der Waals surface area contributed by atoms with E-state index in [1.54, 1.807) is 0 Å². The Balaban J connectivity index is 2.50. The zero-order valence-corrected chi connectivity index (χ0v) is 6.76. The van der Waals surface area contributed by atoms with Gasteiger partial charge in [0.05, 0.1) is 18.6 Å². The fraction of sp³-hybridized carbons (Fsp3) is 0.875. The van der Waals surface area contributed by atoms with Gasteiger partial charge in [0, 0.05) is 0 Å². The molecule has 0 aromatic heterocycles. The molecule has 0 aromatic carbocycles. The Hall–Kier alpha value is -0.370. The molecule has 0 spiro atoms. The molecule has 1 saturated heterocycles. The summed E-state index contributed by atoms with van der Waals surface area (Å²) < 4.78 is 5.27. The highest BCUT2D eigenvalue weighted by Gasteiger charge is 2.40. The number of hydrogen-bond donors (Lipinski definition) is 0. The number of carbonyl (C=O) groups excluding carboxylic acids is 1. The molecule has 2 atom stereocenters. The Bertz CT molecular complexity index is 135. The normalized spacial score (nSPS) is 33.1. The topological polar surface area (TPSA) is 26.3 Å². The van der Waals surface area contributed by atoms with Crippen molar-refractivity contribution in [2.75, 3.05) is 6.61 Å². The van der Waals surface area contributed by atoms with Crippen LogP contribution in [-0.4, -0.2) is 19.0 Å². The Morgan fingerprint density at radius 1 is 1.50 bits per heavy atom. The van der Waals surface area contributed by atoms with Gasteiger partial charge in [-0.25, -0.2) is 0 Å². The van der Waals surface area contributed by atoms with Crippen molar-refractivity contribution in [2.24, 2.45) is 11.3 Å². The molecule has 0 aliphatic carbocycles. The summed E-state index contributed by atoms with van der Waals surface area (Å²) in [6.07, 6.45) is 1.14. The quantitative estimate of drug-likeness (QED) is 0.515. The third kappa shape index (κ3) is 1.21. The van der Waals surface area contributed by atoms with Crippen LogP contribution in [0.4, 0.5) is 0 Å². The van der Waals surface area contributed by atoms with Crippen molar-refractivity contribution >= 4 is 6.29 Å². The highest BCUT2D eigenvalue weighted by Crippen LogP contribution is 2.34. The summed E-state index contributed by atoms with van der Waals surface area (Å²) >= 11 is 0. The van der Waals surface area contributed by atoms with Crippen molar-refractivity contribution in [3.05, 3.63) is 0 Å². The van der Waals surface area contributed by atoms with Crippen molar-refractivity contribution < 1.29 is 9.53 Å². The molecule has 2 unspecified atom stereocenters. The molecule has 0 amide bonds. The summed E-state index contributed by atoms with van der Waals surface area (Å²) in [5.74, 6) is 0.139. The van der Waals surface area contributed by atoms with Gasteiger partial charge in [-0.15, -0.1) is 0 Å². The predicted octanol–water partition coefficient (Wildman–Crippen LogP) is 1.25. The van der Waals surface area contributed by atoms with Crippen LogP contribution < -0.4 is 0 Å². The van der Waals surface area contributed by atoms with Crippen LogP contribution in [0.2, 0.25) is 0 Å². The van der Waals surface area contributed by atoms with Crippen LogP contribution in [0, 0.1) is 11.3 Å². The minimum atomic E-state index is 0.115. The minimum Gasteiger partial charge on any atom is -0.376 e. The average Bonchev–Trinajstić information content (AvgIpc) is 1.57. The first-order chi connectivity index (χ1) is 4.55. The standard InChI is InChI=1S/C8H14O2/c1-8(2,3)7-6(4-9)5-10-7/h4,6-7H,5H2,1-3H3. The van der Waals surface area contributed by atoms with Crippen molar-refractivity contribution in [1.29, 1.82) is 0 Å². The van der Waals surface area contributed by atoms with Gasteiger partial charge in [-0.05, 0) is 5.41 Å². The fourth-order valence-corrected chi connectivity index (χ4v) is 1.31. The zero-order chi connectivity index (χ0) is 7.78. The van der Waals surface area contributed by atoms with Crippen molar-refractivity contribution in [2.45, 2.75) is 26.9 Å². The molecule has 0 radical (unpaired) electrons. The second-order valence-corrected chi connectivity index (χ2v) is 3.92. The van der Waals surface area contributed by atoms with Gasteiger partial charge in [0.15, 0.2) is 0 Å². The molecule has 2 nitrogen and oxygen atoms in total. The van der Waals surface area contributed by atoms with Crippen molar-refractivity contribution in [3.63, 3.8) is 0 Å². The van der Waals surface area contributed by atoms with E-state index in [9.17, 15) is 4.79 Å². The molecule has 58 valence electrons. The second-order valence-electron chi connectivity index (χ2n) is 3.92. The number of rotatable bonds is 1. The summed E-state index contributed by atoms with van der Waals surface area (Å²) in [5.41, 5.74) is 0.115. The number of hydrogen-bond acceptors (Lipinski definition) is 2. The summed E-state index contributed by atoms with van der Waals surface area (Å²) in [5, 5.41) is 0. The molecule has 1 aliphatic rings. The molecule has 2 heteroatoms. The minimum absolute atomic E-state index is 0.115. The van der Waals surface area contributed by atoms with Crippen LogP contribution in [0.15, 0.2) is 0 Å². The van der Waals surface area contributed by atoms with Crippen LogP contribution in [0.25, 0.3) is 0 Å².